The van der Waals surface area contributed by atoms with Gasteiger partial charge in [0.1, 0.15) is 5.82 Å². The van der Waals surface area contributed by atoms with Crippen LogP contribution in [0.5, 0.6) is 0 Å². The molecule has 2 N–H and O–H groups in total. The lowest BCUT2D eigenvalue weighted by molar-refractivity contribution is 0.676. The number of aryl methyl sites for hydroxylation is 1. The molecule has 0 amide bonds. The number of anilines is 1. The highest BCUT2D eigenvalue weighted by molar-refractivity contribution is 5.45. The van der Waals surface area contributed by atoms with E-state index in [0.717, 1.165) is 24.2 Å². The van der Waals surface area contributed by atoms with E-state index in [2.05, 4.69) is 17.3 Å². The van der Waals surface area contributed by atoms with Gasteiger partial charge in [-0.15, -0.1) is 0 Å². The first-order chi connectivity index (χ1) is 5.68. The summed E-state index contributed by atoms with van der Waals surface area (Å²) in [7, 11) is 1.74. The third-order valence-electron chi connectivity index (χ3n) is 2.36. The smallest absolute Gasteiger partial charge is 0.271 e. The normalized spacial score (nSPS) is 21.7. The number of hydrogen-bond acceptors (Lipinski definition) is 2. The van der Waals surface area contributed by atoms with Gasteiger partial charge in [-0.25, -0.2) is 0 Å². The molecule has 0 aromatic carbocycles. The van der Waals surface area contributed by atoms with Gasteiger partial charge in [-0.05, 0) is 19.8 Å². The Hall–Kier alpha value is -1.19. The van der Waals surface area contributed by atoms with Crippen molar-refractivity contribution in [2.24, 2.45) is 7.05 Å². The van der Waals surface area contributed by atoms with Crippen LogP contribution >= 0.6 is 0 Å². The van der Waals surface area contributed by atoms with E-state index in [9.17, 15) is 4.79 Å². The molecular formula is C8H13N3O. The number of nitrogens with one attached hydrogen (secondary N) is 2. The molecule has 4 nitrogen and oxygen atoms in total. The van der Waals surface area contributed by atoms with Gasteiger partial charge in [0.25, 0.3) is 5.56 Å². The fraction of sp³-hybridized carbons (Fsp3) is 0.625. The van der Waals surface area contributed by atoms with Gasteiger partial charge in [0.05, 0.1) is 5.56 Å². The number of fused-ring (bicyclic) bond motifs is 1. The molecule has 4 heteroatoms. The standard InChI is InChI=1S/C8H13N3O/c1-5-3-4-6-7(9-5)10-11(2)8(6)12/h5,9-10H,3-4H2,1-2H3/t5-/m0/s1. The predicted octanol–water partition coefficient (Wildman–Crippen LogP) is 0.460. The Morgan fingerprint density at radius 3 is 3.08 bits per heavy atom. The molecule has 0 aliphatic carbocycles. The molecule has 12 heavy (non-hydrogen) atoms. The Kier molecular flexibility index (Phi) is 1.49. The molecule has 2 rings (SSSR count). The number of rotatable bonds is 0. The molecule has 1 aromatic heterocycles. The van der Waals surface area contributed by atoms with Crippen LogP contribution in [-0.2, 0) is 13.5 Å². The summed E-state index contributed by atoms with van der Waals surface area (Å²) in [6.07, 6.45) is 1.93. The lowest BCUT2D eigenvalue weighted by Gasteiger charge is -2.19. The Morgan fingerprint density at radius 2 is 2.33 bits per heavy atom. The minimum Gasteiger partial charge on any atom is -0.368 e. The van der Waals surface area contributed by atoms with E-state index in [1.165, 1.54) is 4.68 Å². The molecule has 0 saturated carbocycles. The zero-order chi connectivity index (χ0) is 8.72. The molecule has 0 radical (unpaired) electrons. The van der Waals surface area contributed by atoms with Crippen molar-refractivity contribution in [2.75, 3.05) is 5.32 Å². The lowest BCUT2D eigenvalue weighted by Crippen LogP contribution is -2.24. The fourth-order valence-electron chi connectivity index (χ4n) is 1.63. The van der Waals surface area contributed by atoms with Crippen molar-refractivity contribution < 1.29 is 0 Å². The summed E-state index contributed by atoms with van der Waals surface area (Å²) < 4.78 is 1.52. The van der Waals surface area contributed by atoms with E-state index < -0.39 is 0 Å². The van der Waals surface area contributed by atoms with Crippen LogP contribution in [0, 0.1) is 0 Å². The molecule has 0 bridgehead atoms. The molecule has 0 saturated heterocycles. The zero-order valence-corrected chi connectivity index (χ0v) is 7.35. The van der Waals surface area contributed by atoms with Crippen LogP contribution < -0.4 is 10.9 Å². The molecule has 1 aliphatic rings. The first kappa shape index (κ1) is 7.46. The quantitative estimate of drug-likeness (QED) is 0.589. The van der Waals surface area contributed by atoms with Crippen molar-refractivity contribution >= 4 is 5.82 Å². The average Bonchev–Trinajstić information content (AvgIpc) is 2.28. The predicted molar refractivity (Wildman–Crippen MR) is 47.4 cm³/mol. The highest BCUT2D eigenvalue weighted by Crippen LogP contribution is 2.18. The summed E-state index contributed by atoms with van der Waals surface area (Å²) in [5, 5.41) is 6.23. The third-order valence-corrected chi connectivity index (χ3v) is 2.36. The summed E-state index contributed by atoms with van der Waals surface area (Å²) in [6.45, 7) is 2.12. The second-order valence-electron chi connectivity index (χ2n) is 3.41. The third kappa shape index (κ3) is 0.948. The molecule has 66 valence electrons. The van der Waals surface area contributed by atoms with Crippen molar-refractivity contribution in [1.29, 1.82) is 0 Å². The van der Waals surface area contributed by atoms with E-state index >= 15 is 0 Å². The number of aromatic nitrogens is 2. The molecule has 0 spiro atoms. The van der Waals surface area contributed by atoms with Gasteiger partial charge in [-0.2, -0.15) is 0 Å². The minimum atomic E-state index is 0.101. The van der Waals surface area contributed by atoms with E-state index in [1.54, 1.807) is 7.05 Å². The highest BCUT2D eigenvalue weighted by atomic mass is 16.1. The minimum absolute atomic E-state index is 0.101. The molecular weight excluding hydrogens is 154 g/mol. The Balaban J connectivity index is 2.50. The topological polar surface area (TPSA) is 49.8 Å². The van der Waals surface area contributed by atoms with Gasteiger partial charge in [0.2, 0.25) is 0 Å². The van der Waals surface area contributed by atoms with Crippen molar-refractivity contribution in [3.05, 3.63) is 15.9 Å². The van der Waals surface area contributed by atoms with Crippen LogP contribution in [0.1, 0.15) is 18.9 Å². The molecule has 1 aromatic rings. The number of H-pyrrole nitrogens is 1. The van der Waals surface area contributed by atoms with Crippen LogP contribution in [0.2, 0.25) is 0 Å². The van der Waals surface area contributed by atoms with E-state index in [4.69, 9.17) is 0 Å². The SMILES string of the molecule is C[C@H]1CCc2c([nH]n(C)c2=O)N1. The van der Waals surface area contributed by atoms with Crippen molar-refractivity contribution in [1.82, 2.24) is 9.78 Å². The van der Waals surface area contributed by atoms with Gasteiger partial charge < -0.3 is 5.32 Å². The van der Waals surface area contributed by atoms with E-state index in [-0.39, 0.29) is 5.56 Å². The maximum Gasteiger partial charge on any atom is 0.271 e. The van der Waals surface area contributed by atoms with Crippen molar-refractivity contribution in [2.45, 2.75) is 25.8 Å². The summed E-state index contributed by atoms with van der Waals surface area (Å²) >= 11 is 0. The van der Waals surface area contributed by atoms with Crippen LogP contribution in [0.15, 0.2) is 4.79 Å². The zero-order valence-electron chi connectivity index (χ0n) is 7.35. The lowest BCUT2D eigenvalue weighted by atomic mass is 10.0. The molecule has 2 heterocycles. The maximum absolute atomic E-state index is 11.4. The second-order valence-corrected chi connectivity index (χ2v) is 3.41. The van der Waals surface area contributed by atoms with Gasteiger partial charge in [-0.1, -0.05) is 0 Å². The average molecular weight is 167 g/mol. The summed E-state index contributed by atoms with van der Waals surface area (Å²) in [5.41, 5.74) is 1.00. The van der Waals surface area contributed by atoms with E-state index in [1.807, 2.05) is 0 Å². The van der Waals surface area contributed by atoms with Crippen molar-refractivity contribution in [3.8, 4) is 0 Å². The summed E-state index contributed by atoms with van der Waals surface area (Å²) in [4.78, 5) is 11.4. The van der Waals surface area contributed by atoms with Gasteiger partial charge >= 0.3 is 0 Å². The van der Waals surface area contributed by atoms with E-state index in [0.29, 0.717) is 6.04 Å². The van der Waals surface area contributed by atoms with Crippen LogP contribution in [0.25, 0.3) is 0 Å². The van der Waals surface area contributed by atoms with Gasteiger partial charge in [0.15, 0.2) is 0 Å². The summed E-state index contributed by atoms with van der Waals surface area (Å²) in [5.74, 6) is 0.904. The van der Waals surface area contributed by atoms with Crippen molar-refractivity contribution in [3.63, 3.8) is 0 Å². The Morgan fingerprint density at radius 1 is 1.58 bits per heavy atom. The maximum atomic E-state index is 11.4. The van der Waals surface area contributed by atoms with Crippen LogP contribution in [-0.4, -0.2) is 15.8 Å². The number of nitrogens with zero attached hydrogens (tertiary/aromatic N) is 1. The van der Waals surface area contributed by atoms with Crippen LogP contribution in [0.3, 0.4) is 0 Å². The van der Waals surface area contributed by atoms with Gasteiger partial charge in [-0.3, -0.25) is 14.6 Å². The summed E-state index contributed by atoms with van der Waals surface area (Å²) in [6, 6.07) is 0.468. The molecule has 1 aliphatic heterocycles. The Labute approximate surface area is 70.6 Å². The molecule has 0 fully saturated rings. The second kappa shape index (κ2) is 2.40. The first-order valence-electron chi connectivity index (χ1n) is 4.23. The van der Waals surface area contributed by atoms with Gasteiger partial charge in [0, 0.05) is 13.1 Å². The number of aromatic amines is 1. The molecule has 0 unspecified atom stereocenters. The first-order valence-corrected chi connectivity index (χ1v) is 4.23. The van der Waals surface area contributed by atoms with Crippen LogP contribution in [0.4, 0.5) is 5.82 Å². The highest BCUT2D eigenvalue weighted by Gasteiger charge is 2.19. The molecule has 1 atom stereocenters. The number of hydrogen-bond donors (Lipinski definition) is 2. The fourth-order valence-corrected chi connectivity index (χ4v) is 1.63. The Bertz CT molecular complexity index is 350. The largest absolute Gasteiger partial charge is 0.368 e. The monoisotopic (exact) mass is 167 g/mol.